The first-order valence-corrected chi connectivity index (χ1v) is 10.3. The van der Waals surface area contributed by atoms with E-state index in [1.165, 1.54) is 4.31 Å². The molecule has 0 bridgehead atoms. The molecule has 1 amide bonds. The van der Waals surface area contributed by atoms with Crippen molar-refractivity contribution in [3.8, 4) is 0 Å². The number of carbonyl (C=O) groups is 1. The van der Waals surface area contributed by atoms with Gasteiger partial charge >= 0.3 is 0 Å². The van der Waals surface area contributed by atoms with Crippen molar-refractivity contribution in [2.45, 2.75) is 23.8 Å². The van der Waals surface area contributed by atoms with Crippen LogP contribution < -0.4 is 10.6 Å². The lowest BCUT2D eigenvalue weighted by molar-refractivity contribution is -0.124. The van der Waals surface area contributed by atoms with E-state index in [1.807, 2.05) is 0 Å². The number of benzene rings is 1. The van der Waals surface area contributed by atoms with E-state index < -0.39 is 16.1 Å². The molecule has 7 nitrogen and oxygen atoms in total. The minimum absolute atomic E-state index is 0.188. The van der Waals surface area contributed by atoms with Gasteiger partial charge in [-0.15, -0.1) is 0 Å². The molecule has 0 saturated carbocycles. The van der Waals surface area contributed by atoms with Gasteiger partial charge in [0.05, 0.1) is 4.90 Å². The van der Waals surface area contributed by atoms with Crippen LogP contribution in [0.2, 0.25) is 0 Å². The van der Waals surface area contributed by atoms with Gasteiger partial charge in [-0.25, -0.2) is 8.42 Å². The van der Waals surface area contributed by atoms with E-state index in [0.29, 0.717) is 25.9 Å². The second-order valence-corrected chi connectivity index (χ2v) is 8.36. The molecule has 8 heteroatoms. The molecule has 0 spiro atoms. The highest BCUT2D eigenvalue weighted by atomic mass is 32.2. The summed E-state index contributed by atoms with van der Waals surface area (Å²) in [6.07, 6.45) is 1.29. The lowest BCUT2D eigenvalue weighted by atomic mass is 10.2. The highest BCUT2D eigenvalue weighted by Crippen LogP contribution is 2.26. The van der Waals surface area contributed by atoms with Crippen LogP contribution in [0, 0.1) is 0 Å². The number of hydrogen-bond acceptors (Lipinski definition) is 5. The Morgan fingerprint density at radius 2 is 1.88 bits per heavy atom. The molecule has 1 unspecified atom stereocenters. The highest BCUT2D eigenvalue weighted by molar-refractivity contribution is 7.89. The number of sulfonamides is 1. The van der Waals surface area contributed by atoms with E-state index in [1.54, 1.807) is 30.3 Å². The molecule has 1 atom stereocenters. The van der Waals surface area contributed by atoms with Crippen molar-refractivity contribution in [2.24, 2.45) is 0 Å². The fourth-order valence-electron chi connectivity index (χ4n) is 3.41. The Balaban J connectivity index is 1.58. The van der Waals surface area contributed by atoms with Crippen molar-refractivity contribution in [2.75, 3.05) is 45.8 Å². The van der Waals surface area contributed by atoms with Crippen LogP contribution in [0.15, 0.2) is 35.2 Å². The van der Waals surface area contributed by atoms with Gasteiger partial charge in [-0.1, -0.05) is 18.2 Å². The van der Waals surface area contributed by atoms with Crippen LogP contribution in [0.1, 0.15) is 12.8 Å². The van der Waals surface area contributed by atoms with Gasteiger partial charge in [0.25, 0.3) is 0 Å². The molecule has 2 fully saturated rings. The summed E-state index contributed by atoms with van der Waals surface area (Å²) >= 11 is 0. The van der Waals surface area contributed by atoms with Crippen molar-refractivity contribution in [3.63, 3.8) is 0 Å². The molecule has 2 N–H and O–H groups in total. The third-order valence-electron chi connectivity index (χ3n) is 4.79. The molecule has 2 saturated heterocycles. The van der Waals surface area contributed by atoms with E-state index in [4.69, 9.17) is 0 Å². The quantitative estimate of drug-likeness (QED) is 0.732. The van der Waals surface area contributed by atoms with Crippen LogP contribution in [0.5, 0.6) is 0 Å². The van der Waals surface area contributed by atoms with Crippen LogP contribution in [0.25, 0.3) is 0 Å². The van der Waals surface area contributed by atoms with E-state index in [0.717, 1.165) is 32.7 Å². The molecule has 0 aliphatic carbocycles. The number of nitrogens with zero attached hydrogens (tertiary/aromatic N) is 2. The number of nitrogens with one attached hydrogen (secondary N) is 2. The molecule has 2 aliphatic heterocycles. The minimum atomic E-state index is -3.62. The van der Waals surface area contributed by atoms with Crippen LogP contribution in [0.4, 0.5) is 0 Å². The first kappa shape index (κ1) is 18.3. The lowest BCUT2D eigenvalue weighted by Crippen LogP contribution is -2.49. The highest BCUT2D eigenvalue weighted by Gasteiger charge is 2.39. The van der Waals surface area contributed by atoms with Crippen LogP contribution in [-0.2, 0) is 14.8 Å². The smallest absolute Gasteiger partial charge is 0.243 e. The van der Waals surface area contributed by atoms with Crippen molar-refractivity contribution < 1.29 is 13.2 Å². The molecular formula is C17H26N4O3S. The largest absolute Gasteiger partial charge is 0.353 e. The fraction of sp³-hybridized carbons (Fsp3) is 0.588. The normalized spacial score (nSPS) is 22.8. The molecule has 0 radical (unpaired) electrons. The molecule has 2 aliphatic rings. The average molecular weight is 366 g/mol. The predicted molar refractivity (Wildman–Crippen MR) is 95.7 cm³/mol. The molecular weight excluding hydrogens is 340 g/mol. The van der Waals surface area contributed by atoms with Gasteiger partial charge in [0.15, 0.2) is 0 Å². The first-order valence-electron chi connectivity index (χ1n) is 8.87. The zero-order valence-electron chi connectivity index (χ0n) is 14.4. The SMILES string of the molecule is O=C(NCCN1CCNCC1)C1CCCN1S(=O)(=O)c1ccccc1. The molecule has 25 heavy (non-hydrogen) atoms. The standard InChI is InChI=1S/C17H26N4O3S/c22-17(19-10-14-20-12-8-18-9-13-20)16-7-4-11-21(16)25(23,24)15-5-2-1-3-6-15/h1-3,5-6,16,18H,4,7-14H2,(H,19,22). The second-order valence-electron chi connectivity index (χ2n) is 6.47. The van der Waals surface area contributed by atoms with E-state index in [2.05, 4.69) is 15.5 Å². The van der Waals surface area contributed by atoms with Gasteiger partial charge in [0, 0.05) is 45.8 Å². The maximum Gasteiger partial charge on any atom is 0.243 e. The summed E-state index contributed by atoms with van der Waals surface area (Å²) < 4.78 is 27.0. The Kier molecular flexibility index (Phi) is 6.06. The monoisotopic (exact) mass is 366 g/mol. The van der Waals surface area contributed by atoms with Gasteiger partial charge in [-0.2, -0.15) is 4.31 Å². The van der Waals surface area contributed by atoms with Crippen molar-refractivity contribution in [1.29, 1.82) is 0 Å². The Hall–Kier alpha value is -1.48. The average Bonchev–Trinajstić information content (AvgIpc) is 3.14. The van der Waals surface area contributed by atoms with Crippen molar-refractivity contribution in [1.82, 2.24) is 19.8 Å². The number of carbonyl (C=O) groups excluding carboxylic acids is 1. The van der Waals surface area contributed by atoms with Gasteiger partial charge in [0.1, 0.15) is 6.04 Å². The van der Waals surface area contributed by atoms with Gasteiger partial charge < -0.3 is 10.6 Å². The summed E-state index contributed by atoms with van der Waals surface area (Å²) in [7, 11) is -3.62. The van der Waals surface area contributed by atoms with Crippen LogP contribution in [0.3, 0.4) is 0 Å². The Morgan fingerprint density at radius 1 is 1.16 bits per heavy atom. The first-order chi connectivity index (χ1) is 12.1. The lowest BCUT2D eigenvalue weighted by Gasteiger charge is -2.28. The second kappa shape index (κ2) is 8.27. The maximum absolute atomic E-state index is 12.8. The van der Waals surface area contributed by atoms with Gasteiger partial charge in [-0.3, -0.25) is 9.69 Å². The molecule has 138 valence electrons. The fourth-order valence-corrected chi connectivity index (χ4v) is 5.08. The summed E-state index contributed by atoms with van der Waals surface area (Å²) in [6.45, 7) is 5.65. The van der Waals surface area contributed by atoms with E-state index >= 15 is 0 Å². The summed E-state index contributed by atoms with van der Waals surface area (Å²) in [6, 6.07) is 7.73. The number of rotatable bonds is 6. The summed E-state index contributed by atoms with van der Waals surface area (Å²) in [5.41, 5.74) is 0. The van der Waals surface area contributed by atoms with Gasteiger partial charge in [-0.05, 0) is 25.0 Å². The third-order valence-corrected chi connectivity index (χ3v) is 6.72. The van der Waals surface area contributed by atoms with Crippen molar-refractivity contribution >= 4 is 15.9 Å². The molecule has 2 heterocycles. The zero-order valence-corrected chi connectivity index (χ0v) is 15.2. The van der Waals surface area contributed by atoms with Gasteiger partial charge in [0.2, 0.25) is 15.9 Å². The summed E-state index contributed by atoms with van der Waals surface area (Å²) in [5.74, 6) is -0.188. The molecule has 0 aromatic heterocycles. The number of hydrogen-bond donors (Lipinski definition) is 2. The summed E-state index contributed by atoms with van der Waals surface area (Å²) in [5, 5.41) is 6.21. The van der Waals surface area contributed by atoms with Crippen LogP contribution >= 0.6 is 0 Å². The maximum atomic E-state index is 12.8. The Labute approximate surface area is 149 Å². The number of piperazine rings is 1. The third kappa shape index (κ3) is 4.38. The molecule has 1 aromatic carbocycles. The minimum Gasteiger partial charge on any atom is -0.353 e. The number of amides is 1. The summed E-state index contributed by atoms with van der Waals surface area (Å²) in [4.78, 5) is 15.1. The zero-order chi connectivity index (χ0) is 17.7. The predicted octanol–water partition coefficient (Wildman–Crippen LogP) is -0.139. The van der Waals surface area contributed by atoms with E-state index in [-0.39, 0.29) is 10.8 Å². The van der Waals surface area contributed by atoms with Crippen molar-refractivity contribution in [3.05, 3.63) is 30.3 Å². The van der Waals surface area contributed by atoms with Crippen LogP contribution in [-0.4, -0.2) is 75.4 Å². The Morgan fingerprint density at radius 3 is 2.60 bits per heavy atom. The molecule has 3 rings (SSSR count). The van der Waals surface area contributed by atoms with E-state index in [9.17, 15) is 13.2 Å². The Bertz CT molecular complexity index is 674. The topological polar surface area (TPSA) is 81.8 Å². The molecule has 1 aromatic rings.